The minimum absolute atomic E-state index is 0.00644. The van der Waals surface area contributed by atoms with E-state index >= 15 is 0 Å². The van der Waals surface area contributed by atoms with Crippen molar-refractivity contribution in [2.75, 3.05) is 30.4 Å². The molecule has 2 aromatic carbocycles. The second-order valence-corrected chi connectivity index (χ2v) is 12.9. The first-order chi connectivity index (χ1) is 21.0. The van der Waals surface area contributed by atoms with Crippen LogP contribution in [-0.2, 0) is 11.8 Å². The Kier molecular flexibility index (Phi) is 7.21. The molecule has 10 heteroatoms. The van der Waals surface area contributed by atoms with Crippen LogP contribution in [0.4, 0.5) is 11.4 Å². The largest absolute Gasteiger partial charge is 0.383 e. The maximum Gasteiger partial charge on any atom is 0.258 e. The number of hydrazine groups is 2. The summed E-state index contributed by atoms with van der Waals surface area (Å²) in [4.78, 5) is 17.7. The van der Waals surface area contributed by atoms with E-state index in [1.807, 2.05) is 41.5 Å². The van der Waals surface area contributed by atoms with Crippen molar-refractivity contribution in [3.05, 3.63) is 87.7 Å². The fraction of sp³-hybridized carbons (Fsp3) is 0.324. The van der Waals surface area contributed by atoms with Crippen LogP contribution in [0, 0.1) is 29.1 Å². The average molecular weight is 589 g/mol. The Morgan fingerprint density at radius 2 is 1.98 bits per heavy atom. The van der Waals surface area contributed by atoms with Crippen LogP contribution in [0.3, 0.4) is 0 Å². The number of anilines is 2. The van der Waals surface area contributed by atoms with Crippen molar-refractivity contribution >= 4 is 33.1 Å². The number of hydrogen-bond donors (Lipinski definition) is 4. The van der Waals surface area contributed by atoms with Crippen LogP contribution in [0.2, 0.25) is 0 Å². The molecule has 0 saturated carbocycles. The second kappa shape index (κ2) is 10.9. The lowest BCUT2D eigenvalue weighted by Crippen LogP contribution is -2.62. The molecule has 1 atom stereocenters. The van der Waals surface area contributed by atoms with E-state index in [4.69, 9.17) is 11.2 Å². The van der Waals surface area contributed by atoms with Gasteiger partial charge in [-0.3, -0.25) is 14.8 Å². The van der Waals surface area contributed by atoms with Crippen LogP contribution >= 0.6 is 0 Å². The molecule has 4 heterocycles. The predicted octanol–water partition coefficient (Wildman–Crippen LogP) is 4.51. The van der Waals surface area contributed by atoms with E-state index in [0.717, 1.165) is 27.7 Å². The normalized spacial score (nSPS) is 16.4. The molecule has 1 fully saturated rings. The lowest BCUT2D eigenvalue weighted by Gasteiger charge is -2.44. The zero-order valence-corrected chi connectivity index (χ0v) is 25.6. The number of fused-ring (bicyclic) bond motifs is 2. The van der Waals surface area contributed by atoms with Crippen LogP contribution in [-0.4, -0.2) is 39.9 Å². The predicted molar refractivity (Wildman–Crippen MR) is 173 cm³/mol. The number of benzene rings is 2. The number of ether oxygens (including phenoxy) is 1. The lowest BCUT2D eigenvalue weighted by atomic mass is 9.95. The topological polar surface area (TPSA) is 119 Å². The fourth-order valence-corrected chi connectivity index (χ4v) is 5.57. The lowest BCUT2D eigenvalue weighted by molar-refractivity contribution is -0.129. The van der Waals surface area contributed by atoms with Crippen LogP contribution in [0.15, 0.2) is 65.5 Å². The highest BCUT2D eigenvalue weighted by molar-refractivity contribution is 5.99. The molecule has 0 bridgehead atoms. The quantitative estimate of drug-likeness (QED) is 0.231. The van der Waals surface area contributed by atoms with Gasteiger partial charge in [0.25, 0.3) is 5.56 Å². The molecule has 0 amide bonds. The Hall–Kier alpha value is -5.03. The van der Waals surface area contributed by atoms with Crippen molar-refractivity contribution in [2.45, 2.75) is 39.3 Å². The molecule has 44 heavy (non-hydrogen) atoms. The molecule has 4 N–H and O–H groups in total. The number of rotatable bonds is 7. The molecule has 2 aromatic heterocycles. The van der Waals surface area contributed by atoms with Gasteiger partial charge in [0.2, 0.25) is 0 Å². The first-order valence-electron chi connectivity index (χ1n) is 14.5. The number of terminal acetylenes is 1. The van der Waals surface area contributed by atoms with Gasteiger partial charge in [-0.2, -0.15) is 5.26 Å². The van der Waals surface area contributed by atoms with Crippen LogP contribution in [0.5, 0.6) is 0 Å². The Morgan fingerprint density at radius 3 is 2.66 bits per heavy atom. The maximum atomic E-state index is 13.1. The highest BCUT2D eigenvalue weighted by atomic mass is 16.5. The van der Waals surface area contributed by atoms with E-state index in [-0.39, 0.29) is 16.5 Å². The summed E-state index contributed by atoms with van der Waals surface area (Å²) in [6.45, 7) is 10.4. The molecule has 4 aromatic rings. The summed E-state index contributed by atoms with van der Waals surface area (Å²) in [7, 11) is 1.75. The van der Waals surface area contributed by atoms with Crippen molar-refractivity contribution in [2.24, 2.45) is 12.5 Å². The highest BCUT2D eigenvalue weighted by Crippen LogP contribution is 2.37. The minimum atomic E-state index is -0.424. The molecule has 2 aliphatic heterocycles. The minimum Gasteiger partial charge on any atom is -0.383 e. The van der Waals surface area contributed by atoms with Gasteiger partial charge < -0.3 is 25.4 Å². The van der Waals surface area contributed by atoms with E-state index in [1.54, 1.807) is 30.1 Å². The number of nitriles is 1. The van der Waals surface area contributed by atoms with Gasteiger partial charge in [0, 0.05) is 48.6 Å². The second-order valence-electron chi connectivity index (χ2n) is 12.9. The number of aromatic nitrogens is 2. The first kappa shape index (κ1) is 29.1. The molecule has 6 rings (SSSR count). The Labute approximate surface area is 256 Å². The van der Waals surface area contributed by atoms with Crippen molar-refractivity contribution in [3.63, 3.8) is 0 Å². The standard InChI is InChI=1S/C34H36N8O2/c1-7-21-16-36-30-22(15-35)13-23(14-27(30)29(21)37-18-33(2,3)4)38-31(28-17-42(40-39-28)34(5)19-44-20-34)25-9-8-10-26-24(25)11-12-41(6)32(26)43/h1,8-14,16-17,31,38-40H,18-20H2,2-6H3,(H,36,37)/t31-/m0/s1. The number of aryl methyl sites for hydroxylation is 1. The average Bonchev–Trinajstić information content (AvgIpc) is 3.48. The van der Waals surface area contributed by atoms with Gasteiger partial charge in [-0.15, -0.1) is 12.0 Å². The summed E-state index contributed by atoms with van der Waals surface area (Å²) in [6, 6.07) is 13.4. The summed E-state index contributed by atoms with van der Waals surface area (Å²) in [5.74, 6) is 2.75. The SMILES string of the molecule is C#Cc1cnc2c(C#N)cc(N[C@H](C3=CN(C4(C)COC4)NN3)c3cccc4c(=O)n(C)ccc34)cc2c1NCC(C)(C)C. The van der Waals surface area contributed by atoms with Crippen molar-refractivity contribution < 1.29 is 4.74 Å². The van der Waals surface area contributed by atoms with Gasteiger partial charge >= 0.3 is 0 Å². The van der Waals surface area contributed by atoms with Gasteiger partial charge in [-0.1, -0.05) is 38.8 Å². The van der Waals surface area contributed by atoms with E-state index in [0.29, 0.717) is 47.5 Å². The summed E-state index contributed by atoms with van der Waals surface area (Å²) in [5.41, 5.74) is 11.2. The smallest absolute Gasteiger partial charge is 0.258 e. The summed E-state index contributed by atoms with van der Waals surface area (Å²) >= 11 is 0. The monoisotopic (exact) mass is 588 g/mol. The van der Waals surface area contributed by atoms with Crippen LogP contribution < -0.4 is 27.2 Å². The summed E-state index contributed by atoms with van der Waals surface area (Å²) in [5, 5.41) is 21.6. The third-order valence-electron chi connectivity index (χ3n) is 8.13. The molecular formula is C34H36N8O2. The molecule has 10 nitrogen and oxygen atoms in total. The molecule has 2 aliphatic rings. The Bertz CT molecular complexity index is 1950. The van der Waals surface area contributed by atoms with Crippen LogP contribution in [0.1, 0.15) is 50.4 Å². The van der Waals surface area contributed by atoms with E-state index < -0.39 is 6.04 Å². The third-order valence-corrected chi connectivity index (χ3v) is 8.13. The van der Waals surface area contributed by atoms with Gasteiger partial charge in [0.15, 0.2) is 0 Å². The first-order valence-corrected chi connectivity index (χ1v) is 14.5. The van der Waals surface area contributed by atoms with Gasteiger partial charge in [-0.05, 0) is 47.6 Å². The van der Waals surface area contributed by atoms with Crippen molar-refractivity contribution in [1.82, 2.24) is 25.5 Å². The maximum absolute atomic E-state index is 13.1. The van der Waals surface area contributed by atoms with Gasteiger partial charge in [-0.25, -0.2) is 0 Å². The molecule has 0 spiro atoms. The van der Waals surface area contributed by atoms with E-state index in [2.05, 4.69) is 66.3 Å². The molecule has 1 saturated heterocycles. The third kappa shape index (κ3) is 5.19. The molecule has 0 aliphatic carbocycles. The van der Waals surface area contributed by atoms with Gasteiger partial charge in [0.05, 0.1) is 47.3 Å². The fourth-order valence-electron chi connectivity index (χ4n) is 5.57. The Morgan fingerprint density at radius 1 is 1.18 bits per heavy atom. The zero-order valence-electron chi connectivity index (χ0n) is 25.6. The van der Waals surface area contributed by atoms with Crippen molar-refractivity contribution in [1.29, 1.82) is 5.26 Å². The number of hydrogen-bond acceptors (Lipinski definition) is 9. The Balaban J connectivity index is 1.51. The van der Waals surface area contributed by atoms with Gasteiger partial charge in [0.1, 0.15) is 11.6 Å². The summed E-state index contributed by atoms with van der Waals surface area (Å²) < 4.78 is 7.07. The molecule has 224 valence electrons. The van der Waals surface area contributed by atoms with E-state index in [9.17, 15) is 10.1 Å². The number of nitrogens with zero attached hydrogens (tertiary/aromatic N) is 4. The van der Waals surface area contributed by atoms with Crippen LogP contribution in [0.25, 0.3) is 21.7 Å². The van der Waals surface area contributed by atoms with E-state index in [1.165, 1.54) is 0 Å². The summed E-state index contributed by atoms with van der Waals surface area (Å²) in [6.07, 6.45) is 11.3. The molecule has 0 radical (unpaired) electrons. The molecule has 0 unspecified atom stereocenters. The molecular weight excluding hydrogens is 552 g/mol. The number of pyridine rings is 2. The highest BCUT2D eigenvalue weighted by Gasteiger charge is 2.41. The zero-order chi connectivity index (χ0) is 31.2. The van der Waals surface area contributed by atoms with Crippen molar-refractivity contribution in [3.8, 4) is 18.4 Å². The number of nitrogens with one attached hydrogen (secondary N) is 4.